The maximum absolute atomic E-state index is 9.98. The fourth-order valence-electron chi connectivity index (χ4n) is 0.684. The lowest BCUT2D eigenvalue weighted by molar-refractivity contribution is -0.0730. The van der Waals surface area contributed by atoms with E-state index in [0.29, 0.717) is 0 Å². The summed E-state index contributed by atoms with van der Waals surface area (Å²) in [6.07, 6.45) is 1.57. The quantitative estimate of drug-likeness (QED) is 0.466. The first kappa shape index (κ1) is 9.03. The Morgan fingerprint density at radius 1 is 1.55 bits per heavy atom. The van der Waals surface area contributed by atoms with Crippen molar-refractivity contribution < 1.29 is 23.8 Å². The molecule has 0 saturated heterocycles. The van der Waals surface area contributed by atoms with E-state index in [1.807, 2.05) is 0 Å². The molecule has 1 atom stereocenters. The van der Waals surface area contributed by atoms with E-state index >= 15 is 0 Å². The summed E-state index contributed by atoms with van der Waals surface area (Å²) in [4.78, 5) is 8.19. The van der Waals surface area contributed by atoms with Gasteiger partial charge in [0.2, 0.25) is 6.79 Å². The molecule has 0 aliphatic heterocycles. The van der Waals surface area contributed by atoms with Gasteiger partial charge in [0, 0.05) is 4.57 Å². The van der Waals surface area contributed by atoms with Crippen LogP contribution in [0.25, 0.3) is 0 Å². The summed E-state index contributed by atoms with van der Waals surface area (Å²) in [5.41, 5.74) is -0.481. The first-order chi connectivity index (χ1) is 5.18. The lowest BCUT2D eigenvalue weighted by Gasteiger charge is -2.08. The minimum atomic E-state index is -2.59. The average molecular weight is 181 g/mol. The third kappa shape index (κ3) is 2.81. The molecule has 0 heterocycles. The van der Waals surface area contributed by atoms with Crippen LogP contribution in [-0.2, 0) is 13.8 Å². The van der Waals surface area contributed by atoms with E-state index in [1.54, 1.807) is 0 Å². The molecule has 1 rings (SSSR count). The molecule has 2 N–H and O–H groups in total. The van der Waals surface area contributed by atoms with Gasteiger partial charge in [0.1, 0.15) is 0 Å². The van der Waals surface area contributed by atoms with Crippen LogP contribution in [0.5, 0.6) is 0 Å². The molecule has 1 aliphatic carbocycles. The molecule has 1 fully saturated rings. The summed E-state index contributed by atoms with van der Waals surface area (Å²) in [5, 5.41) is 8.71. The summed E-state index contributed by atoms with van der Waals surface area (Å²) in [7, 11) is -2.59. The van der Waals surface area contributed by atoms with Gasteiger partial charge in [-0.2, -0.15) is 0 Å². The maximum atomic E-state index is 9.98. The molecule has 64 valence electrons. The highest BCUT2D eigenvalue weighted by Gasteiger charge is 2.44. The third-order valence-corrected chi connectivity index (χ3v) is 1.95. The smallest absolute Gasteiger partial charge is 0.393 e. The Bertz CT molecular complexity index is 155. The highest BCUT2D eigenvalue weighted by molar-refractivity contribution is 7.32. The van der Waals surface area contributed by atoms with Crippen molar-refractivity contribution in [3.63, 3.8) is 0 Å². The van der Waals surface area contributed by atoms with Crippen molar-refractivity contribution in [1.82, 2.24) is 0 Å². The van der Waals surface area contributed by atoms with Crippen LogP contribution in [0.2, 0.25) is 0 Å². The molecule has 0 radical (unpaired) electrons. The minimum absolute atomic E-state index is 0.0570. The fraction of sp³-hybridized carbons (Fsp3) is 1.00. The fourth-order valence-corrected chi connectivity index (χ4v) is 0.827. The normalized spacial score (nSPS) is 21.5. The Kier molecular flexibility index (Phi) is 2.92. The van der Waals surface area contributed by atoms with E-state index in [9.17, 15) is 4.57 Å². The Hall–Kier alpha value is -0.0600. The molecule has 11 heavy (non-hydrogen) atoms. The maximum Gasteiger partial charge on any atom is 0.697 e. The molecule has 1 unspecified atom stereocenters. The van der Waals surface area contributed by atoms with E-state index in [2.05, 4.69) is 4.52 Å². The number of hydrogen-bond donors (Lipinski definition) is 2. The van der Waals surface area contributed by atoms with Crippen LogP contribution in [0.3, 0.4) is 0 Å². The van der Waals surface area contributed by atoms with Crippen LogP contribution in [0.1, 0.15) is 12.8 Å². The molecular weight excluding hydrogens is 171 g/mol. The molecule has 6 heteroatoms. The highest BCUT2D eigenvalue weighted by atomic mass is 31.1. The molecule has 1 aliphatic rings. The van der Waals surface area contributed by atoms with Crippen molar-refractivity contribution in [3.8, 4) is 0 Å². The molecule has 0 spiro atoms. The van der Waals surface area contributed by atoms with E-state index in [4.69, 9.17) is 14.7 Å². The summed E-state index contributed by atoms with van der Waals surface area (Å²) in [6.45, 7) is -0.287. The zero-order valence-electron chi connectivity index (χ0n) is 5.89. The predicted molar refractivity (Wildman–Crippen MR) is 35.9 cm³/mol. The summed E-state index contributed by atoms with van der Waals surface area (Å²) in [5.74, 6) is 0. The zero-order chi connectivity index (χ0) is 8.32. The minimum Gasteiger partial charge on any atom is -0.393 e. The molecule has 0 aromatic heterocycles. The summed E-state index contributed by atoms with van der Waals surface area (Å²) < 4.78 is 19.2. The lowest BCUT2D eigenvalue weighted by Crippen LogP contribution is -2.19. The molecule has 0 bridgehead atoms. The standard InChI is InChI=1S/C5H9O5P/c6-3-5(1-2-5)9-4-10-11(7)8/h6H,1-4H2/p+1. The van der Waals surface area contributed by atoms with E-state index < -0.39 is 13.9 Å². The average Bonchev–Trinajstić information content (AvgIpc) is 2.69. The highest BCUT2D eigenvalue weighted by Crippen LogP contribution is 2.39. The van der Waals surface area contributed by atoms with E-state index in [0.717, 1.165) is 12.8 Å². The Morgan fingerprint density at radius 2 is 2.18 bits per heavy atom. The van der Waals surface area contributed by atoms with Crippen molar-refractivity contribution in [2.24, 2.45) is 0 Å². The second kappa shape index (κ2) is 3.56. The van der Waals surface area contributed by atoms with Crippen LogP contribution >= 0.6 is 8.25 Å². The summed E-state index contributed by atoms with van der Waals surface area (Å²) >= 11 is 0. The van der Waals surface area contributed by atoms with Gasteiger partial charge >= 0.3 is 8.25 Å². The van der Waals surface area contributed by atoms with E-state index in [-0.39, 0.29) is 13.4 Å². The van der Waals surface area contributed by atoms with Gasteiger partial charge in [-0.15, -0.1) is 4.89 Å². The number of aliphatic hydroxyl groups is 1. The van der Waals surface area contributed by atoms with Crippen molar-refractivity contribution in [1.29, 1.82) is 0 Å². The summed E-state index contributed by atoms with van der Waals surface area (Å²) in [6, 6.07) is 0. The van der Waals surface area contributed by atoms with Crippen LogP contribution in [0, 0.1) is 0 Å². The van der Waals surface area contributed by atoms with Gasteiger partial charge in [-0.05, 0) is 12.8 Å². The Balaban J connectivity index is 2.07. The van der Waals surface area contributed by atoms with Gasteiger partial charge in [-0.25, -0.2) is 0 Å². The molecule has 5 nitrogen and oxygen atoms in total. The first-order valence-corrected chi connectivity index (χ1v) is 4.35. The van der Waals surface area contributed by atoms with Gasteiger partial charge in [0.05, 0.1) is 12.2 Å². The Morgan fingerprint density at radius 3 is 2.55 bits per heavy atom. The van der Waals surface area contributed by atoms with Crippen molar-refractivity contribution in [2.75, 3.05) is 13.4 Å². The molecule has 1 saturated carbocycles. The number of aliphatic hydroxyl groups excluding tert-OH is 1. The number of hydrogen-bond acceptors (Lipinski definition) is 4. The topological polar surface area (TPSA) is 76.0 Å². The molecule has 0 aromatic carbocycles. The van der Waals surface area contributed by atoms with Crippen molar-refractivity contribution in [3.05, 3.63) is 0 Å². The molecule has 0 amide bonds. The van der Waals surface area contributed by atoms with Crippen LogP contribution < -0.4 is 0 Å². The van der Waals surface area contributed by atoms with Gasteiger partial charge in [-0.1, -0.05) is 4.52 Å². The van der Waals surface area contributed by atoms with E-state index in [1.165, 1.54) is 0 Å². The van der Waals surface area contributed by atoms with Crippen LogP contribution in [0.15, 0.2) is 0 Å². The predicted octanol–water partition coefficient (Wildman–Crippen LogP) is 0.152. The molecular formula is C5H10O5P+. The second-order valence-electron chi connectivity index (χ2n) is 2.47. The van der Waals surface area contributed by atoms with Gasteiger partial charge in [0.25, 0.3) is 0 Å². The van der Waals surface area contributed by atoms with Crippen LogP contribution in [-0.4, -0.2) is 29.0 Å². The number of ether oxygens (including phenoxy) is 1. The van der Waals surface area contributed by atoms with Crippen molar-refractivity contribution in [2.45, 2.75) is 18.4 Å². The van der Waals surface area contributed by atoms with Gasteiger partial charge in [0.15, 0.2) is 0 Å². The monoisotopic (exact) mass is 181 g/mol. The third-order valence-electron chi connectivity index (χ3n) is 1.62. The molecule has 0 aromatic rings. The second-order valence-corrected chi connectivity index (χ2v) is 3.20. The van der Waals surface area contributed by atoms with Gasteiger partial charge in [-0.3, -0.25) is 0 Å². The largest absolute Gasteiger partial charge is 0.697 e. The van der Waals surface area contributed by atoms with Gasteiger partial charge < -0.3 is 9.84 Å². The SMILES string of the molecule is O=[P+](O)OCOC1(CO)CC1. The van der Waals surface area contributed by atoms with Crippen LogP contribution in [0.4, 0.5) is 0 Å². The lowest BCUT2D eigenvalue weighted by atomic mass is 10.4. The van der Waals surface area contributed by atoms with Crippen molar-refractivity contribution >= 4 is 8.25 Å². The first-order valence-electron chi connectivity index (χ1n) is 3.22. The number of rotatable bonds is 5. The zero-order valence-corrected chi connectivity index (χ0v) is 6.79. The Labute approximate surface area is 64.9 Å².